The lowest BCUT2D eigenvalue weighted by molar-refractivity contribution is -0.114. The van der Waals surface area contributed by atoms with Gasteiger partial charge < -0.3 is 10.2 Å². The maximum Gasteiger partial charge on any atom is 0.273 e. The number of aryl methyl sites for hydroxylation is 3. The van der Waals surface area contributed by atoms with Crippen molar-refractivity contribution >= 4 is 39.4 Å². The first kappa shape index (κ1) is 25.1. The molecule has 0 fully saturated rings. The van der Waals surface area contributed by atoms with Crippen molar-refractivity contribution in [1.82, 2.24) is 34.8 Å². The van der Waals surface area contributed by atoms with E-state index in [1.165, 1.54) is 6.92 Å². The average Bonchev–Trinajstić information content (AvgIpc) is 3.43. The summed E-state index contributed by atoms with van der Waals surface area (Å²) in [5.41, 5.74) is 6.51. The zero-order valence-electron chi connectivity index (χ0n) is 22.4. The van der Waals surface area contributed by atoms with Gasteiger partial charge in [0.05, 0.1) is 17.2 Å². The largest absolute Gasteiger partial charge is 0.336 e. The molecule has 0 spiro atoms. The Hall–Kier alpha value is -4.60. The maximum absolute atomic E-state index is 13.8. The van der Waals surface area contributed by atoms with Crippen LogP contribution >= 0.6 is 0 Å². The van der Waals surface area contributed by atoms with Gasteiger partial charge in [0, 0.05) is 54.7 Å². The fourth-order valence-electron chi connectivity index (χ4n) is 4.67. The summed E-state index contributed by atoms with van der Waals surface area (Å²) in [6.07, 6.45) is 1.81. The Balaban J connectivity index is 1.62. The topological polar surface area (TPSA) is 122 Å². The maximum atomic E-state index is 13.8. The minimum Gasteiger partial charge on any atom is -0.336 e. The molecule has 0 radical (unpaired) electrons. The summed E-state index contributed by atoms with van der Waals surface area (Å²) < 4.78 is 1.92. The number of hydrogen-bond donors (Lipinski definition) is 2. The average molecular weight is 511 g/mol. The number of nitrogens with one attached hydrogen (secondary N) is 2. The number of fused-ring (bicyclic) bond motifs is 2. The van der Waals surface area contributed by atoms with Gasteiger partial charge in [0.2, 0.25) is 5.91 Å². The number of anilines is 1. The lowest BCUT2D eigenvalue weighted by Gasteiger charge is -2.18. The van der Waals surface area contributed by atoms with Gasteiger partial charge in [-0.3, -0.25) is 19.4 Å². The normalized spacial score (nSPS) is 11.3. The zero-order chi connectivity index (χ0) is 27.1. The van der Waals surface area contributed by atoms with Crippen LogP contribution in [0.5, 0.6) is 0 Å². The molecule has 0 bridgehead atoms. The zero-order valence-corrected chi connectivity index (χ0v) is 22.4. The fraction of sp³-hybridized carbons (Fsp3) is 0.286. The molecule has 0 saturated heterocycles. The lowest BCUT2D eigenvalue weighted by Crippen LogP contribution is -2.28. The SMILES string of the molecule is CCn1ncc(CN(C)C(=O)c2nc(-c3cc4c(NC(C)=O)n[nH]c4cc3C)nc3ccc(C)cc23)c1C. The number of H-pyrrole nitrogens is 1. The summed E-state index contributed by atoms with van der Waals surface area (Å²) in [6, 6.07) is 9.67. The second-order valence-electron chi connectivity index (χ2n) is 9.61. The van der Waals surface area contributed by atoms with Gasteiger partial charge in [0.25, 0.3) is 5.91 Å². The van der Waals surface area contributed by atoms with Gasteiger partial charge in [-0.25, -0.2) is 9.97 Å². The van der Waals surface area contributed by atoms with Crippen LogP contribution in [0.25, 0.3) is 33.2 Å². The van der Waals surface area contributed by atoms with Gasteiger partial charge in [-0.2, -0.15) is 10.2 Å². The molecule has 2 amide bonds. The number of aromatic amines is 1. The molecule has 0 saturated carbocycles. The molecule has 10 heteroatoms. The van der Waals surface area contributed by atoms with Crippen LogP contribution in [-0.2, 0) is 17.9 Å². The van der Waals surface area contributed by atoms with Crippen LogP contribution in [0.4, 0.5) is 5.82 Å². The highest BCUT2D eigenvalue weighted by Gasteiger charge is 2.22. The predicted molar refractivity (Wildman–Crippen MR) is 147 cm³/mol. The summed E-state index contributed by atoms with van der Waals surface area (Å²) in [5, 5.41) is 15.8. The standard InChI is InChI=1S/C28H30N8O2/c1-7-36-17(4)19(13-29-36)14-35(6)28(38)25-21-10-15(2)8-9-23(21)31-26(32-25)20-12-22-24(11-16(20)3)33-34-27(22)30-18(5)37/h8-13H,7,14H2,1-6H3,(H2,30,33,34,37). The molecule has 10 nitrogen and oxygen atoms in total. The van der Waals surface area contributed by atoms with Crippen LogP contribution in [0.1, 0.15) is 46.7 Å². The second-order valence-corrected chi connectivity index (χ2v) is 9.61. The molecule has 0 aliphatic heterocycles. The number of benzene rings is 2. The van der Waals surface area contributed by atoms with Crippen molar-refractivity contribution in [1.29, 1.82) is 0 Å². The number of carbonyl (C=O) groups excluding carboxylic acids is 2. The van der Waals surface area contributed by atoms with Gasteiger partial charge in [-0.05, 0) is 57.5 Å². The molecule has 38 heavy (non-hydrogen) atoms. The van der Waals surface area contributed by atoms with Crippen LogP contribution in [0.3, 0.4) is 0 Å². The van der Waals surface area contributed by atoms with Crippen molar-refractivity contribution in [2.24, 2.45) is 0 Å². The van der Waals surface area contributed by atoms with E-state index < -0.39 is 0 Å². The van der Waals surface area contributed by atoms with Gasteiger partial charge in [-0.15, -0.1) is 0 Å². The summed E-state index contributed by atoms with van der Waals surface area (Å²) in [5.74, 6) is 0.453. The number of rotatable bonds is 6. The molecule has 194 valence electrons. The monoisotopic (exact) mass is 510 g/mol. The molecular weight excluding hydrogens is 480 g/mol. The lowest BCUT2D eigenvalue weighted by atomic mass is 10.0. The summed E-state index contributed by atoms with van der Waals surface area (Å²) >= 11 is 0. The van der Waals surface area contributed by atoms with Crippen LogP contribution in [-0.4, -0.2) is 53.7 Å². The predicted octanol–water partition coefficient (Wildman–Crippen LogP) is 4.55. The molecule has 2 N–H and O–H groups in total. The van der Waals surface area contributed by atoms with Crippen molar-refractivity contribution < 1.29 is 9.59 Å². The van der Waals surface area contributed by atoms with E-state index in [9.17, 15) is 9.59 Å². The Morgan fingerprint density at radius 2 is 1.87 bits per heavy atom. The molecule has 0 unspecified atom stereocenters. The third-order valence-corrected chi connectivity index (χ3v) is 6.76. The number of amides is 2. The Morgan fingerprint density at radius 3 is 2.58 bits per heavy atom. The molecule has 0 atom stereocenters. The number of nitrogens with zero attached hydrogens (tertiary/aromatic N) is 6. The highest BCUT2D eigenvalue weighted by Crippen LogP contribution is 2.31. The molecule has 0 aliphatic carbocycles. The van der Waals surface area contributed by atoms with Crippen molar-refractivity contribution in [3.8, 4) is 11.4 Å². The highest BCUT2D eigenvalue weighted by molar-refractivity contribution is 6.05. The number of carbonyl (C=O) groups is 2. The Labute approximate surface area is 220 Å². The van der Waals surface area contributed by atoms with E-state index in [0.29, 0.717) is 34.8 Å². The minimum atomic E-state index is -0.214. The van der Waals surface area contributed by atoms with E-state index in [1.807, 2.05) is 68.9 Å². The quantitative estimate of drug-likeness (QED) is 0.346. The Kier molecular flexibility index (Phi) is 6.40. The first-order chi connectivity index (χ1) is 18.2. The smallest absolute Gasteiger partial charge is 0.273 e. The van der Waals surface area contributed by atoms with Crippen LogP contribution in [0, 0.1) is 20.8 Å². The van der Waals surface area contributed by atoms with E-state index in [-0.39, 0.29) is 11.8 Å². The highest BCUT2D eigenvalue weighted by atomic mass is 16.2. The van der Waals surface area contributed by atoms with Gasteiger partial charge >= 0.3 is 0 Å². The Morgan fingerprint density at radius 1 is 1.08 bits per heavy atom. The minimum absolute atomic E-state index is 0.200. The summed E-state index contributed by atoms with van der Waals surface area (Å²) in [6.45, 7) is 10.6. The van der Waals surface area contributed by atoms with Crippen molar-refractivity contribution in [3.05, 3.63) is 64.6 Å². The van der Waals surface area contributed by atoms with E-state index in [1.54, 1.807) is 11.9 Å². The first-order valence-electron chi connectivity index (χ1n) is 12.5. The van der Waals surface area contributed by atoms with Crippen molar-refractivity contribution in [3.63, 3.8) is 0 Å². The first-order valence-corrected chi connectivity index (χ1v) is 12.5. The number of hydrogen-bond acceptors (Lipinski definition) is 6. The third kappa shape index (κ3) is 4.49. The van der Waals surface area contributed by atoms with E-state index in [0.717, 1.165) is 45.4 Å². The van der Waals surface area contributed by atoms with Gasteiger partial charge in [0.1, 0.15) is 5.69 Å². The van der Waals surface area contributed by atoms with Crippen LogP contribution in [0.15, 0.2) is 36.5 Å². The van der Waals surface area contributed by atoms with E-state index in [4.69, 9.17) is 9.97 Å². The third-order valence-electron chi connectivity index (χ3n) is 6.76. The second kappa shape index (κ2) is 9.70. The molecule has 3 heterocycles. The summed E-state index contributed by atoms with van der Waals surface area (Å²) in [4.78, 5) is 36.8. The number of aromatic nitrogens is 6. The van der Waals surface area contributed by atoms with Gasteiger partial charge in [-0.1, -0.05) is 11.6 Å². The van der Waals surface area contributed by atoms with Gasteiger partial charge in [0.15, 0.2) is 11.6 Å². The fourth-order valence-corrected chi connectivity index (χ4v) is 4.67. The molecule has 5 aromatic rings. The molecule has 2 aromatic carbocycles. The summed E-state index contributed by atoms with van der Waals surface area (Å²) in [7, 11) is 1.77. The van der Waals surface area contributed by atoms with Crippen LogP contribution < -0.4 is 5.32 Å². The van der Waals surface area contributed by atoms with Crippen LogP contribution in [0.2, 0.25) is 0 Å². The van der Waals surface area contributed by atoms with Crippen molar-refractivity contribution in [2.45, 2.75) is 47.7 Å². The Bertz CT molecular complexity index is 1720. The van der Waals surface area contributed by atoms with E-state index >= 15 is 0 Å². The van der Waals surface area contributed by atoms with Crippen molar-refractivity contribution in [2.75, 3.05) is 12.4 Å². The van der Waals surface area contributed by atoms with E-state index in [2.05, 4.69) is 20.6 Å². The molecule has 5 rings (SSSR count). The molecular formula is C28H30N8O2. The molecule has 0 aliphatic rings. The molecule has 3 aromatic heterocycles.